The Morgan fingerprint density at radius 3 is 2.84 bits per heavy atom. The van der Waals surface area contributed by atoms with Crippen LogP contribution in [0.1, 0.15) is 12.7 Å². The molecule has 0 atom stereocenters. The second-order valence-corrected chi connectivity index (χ2v) is 6.25. The summed E-state index contributed by atoms with van der Waals surface area (Å²) in [5, 5.41) is 0.850. The average molecular weight is 288 g/mol. The van der Waals surface area contributed by atoms with Crippen LogP contribution >= 0.6 is 23.1 Å². The van der Waals surface area contributed by atoms with Crippen molar-refractivity contribution in [1.82, 2.24) is 15.0 Å². The second kappa shape index (κ2) is 5.14. The summed E-state index contributed by atoms with van der Waals surface area (Å²) < 4.78 is 2.16. The van der Waals surface area contributed by atoms with E-state index in [1.54, 1.807) is 17.4 Å². The molecule has 0 saturated carbocycles. The molecule has 0 fully saturated rings. The number of hydrogen-bond donors (Lipinski definition) is 1. The van der Waals surface area contributed by atoms with E-state index in [0.29, 0.717) is 5.82 Å². The molecule has 0 spiro atoms. The van der Waals surface area contributed by atoms with Crippen molar-refractivity contribution in [3.05, 3.63) is 36.2 Å². The van der Waals surface area contributed by atoms with Crippen LogP contribution in [0.3, 0.4) is 0 Å². The van der Waals surface area contributed by atoms with Gasteiger partial charge in [-0.1, -0.05) is 19.1 Å². The number of aryl methyl sites for hydroxylation is 1. The summed E-state index contributed by atoms with van der Waals surface area (Å²) in [5.41, 5.74) is 6.80. The molecule has 4 nitrogen and oxygen atoms in total. The number of benzene rings is 1. The van der Waals surface area contributed by atoms with Gasteiger partial charge in [0.2, 0.25) is 0 Å². The maximum atomic E-state index is 5.78. The van der Waals surface area contributed by atoms with Gasteiger partial charge in [-0.15, -0.1) is 11.3 Å². The molecule has 0 radical (unpaired) electrons. The van der Waals surface area contributed by atoms with E-state index in [1.165, 1.54) is 16.5 Å². The maximum Gasteiger partial charge on any atom is 0.157 e. The third kappa shape index (κ3) is 2.69. The molecule has 96 valence electrons. The first kappa shape index (κ1) is 12.4. The summed E-state index contributed by atoms with van der Waals surface area (Å²) in [6, 6.07) is 9.89. The number of nitrogens with two attached hydrogens (primary N) is 1. The van der Waals surface area contributed by atoms with Gasteiger partial charge in [0.05, 0.1) is 10.2 Å². The fraction of sp³-hybridized carbons (Fsp3) is 0.154. The van der Waals surface area contributed by atoms with E-state index in [-0.39, 0.29) is 0 Å². The van der Waals surface area contributed by atoms with Crippen LogP contribution in [-0.4, -0.2) is 15.0 Å². The smallest absolute Gasteiger partial charge is 0.157 e. The molecule has 19 heavy (non-hydrogen) atoms. The molecule has 3 rings (SSSR count). The Kier molecular flexibility index (Phi) is 3.35. The van der Waals surface area contributed by atoms with E-state index in [1.807, 2.05) is 25.1 Å². The zero-order valence-electron chi connectivity index (χ0n) is 10.3. The van der Waals surface area contributed by atoms with Gasteiger partial charge in [-0.25, -0.2) is 15.0 Å². The van der Waals surface area contributed by atoms with Gasteiger partial charge >= 0.3 is 0 Å². The van der Waals surface area contributed by atoms with E-state index in [4.69, 9.17) is 5.73 Å². The molecule has 6 heteroatoms. The van der Waals surface area contributed by atoms with Crippen LogP contribution in [0.4, 0.5) is 5.82 Å². The molecule has 2 N–H and O–H groups in total. The summed E-state index contributed by atoms with van der Waals surface area (Å²) in [7, 11) is 0. The highest BCUT2D eigenvalue weighted by Gasteiger charge is 2.08. The van der Waals surface area contributed by atoms with Crippen LogP contribution in [0.2, 0.25) is 0 Å². The van der Waals surface area contributed by atoms with Gasteiger partial charge in [-0.3, -0.25) is 0 Å². The number of aromatic nitrogens is 3. The van der Waals surface area contributed by atoms with Crippen molar-refractivity contribution < 1.29 is 0 Å². The Morgan fingerprint density at radius 2 is 2.05 bits per heavy atom. The summed E-state index contributed by atoms with van der Waals surface area (Å²) in [4.78, 5) is 13.2. The van der Waals surface area contributed by atoms with E-state index >= 15 is 0 Å². The number of para-hydroxylation sites is 1. The zero-order chi connectivity index (χ0) is 13.2. The Hall–Kier alpha value is -1.66. The van der Waals surface area contributed by atoms with Crippen LogP contribution in [0.25, 0.3) is 10.2 Å². The first-order chi connectivity index (χ1) is 9.24. The minimum Gasteiger partial charge on any atom is -0.384 e. The molecular formula is C13H12N4S2. The van der Waals surface area contributed by atoms with Gasteiger partial charge in [0, 0.05) is 12.5 Å². The van der Waals surface area contributed by atoms with Crippen LogP contribution in [0.15, 0.2) is 39.7 Å². The van der Waals surface area contributed by atoms with Crippen molar-refractivity contribution in [2.24, 2.45) is 0 Å². The Morgan fingerprint density at radius 1 is 1.21 bits per heavy atom. The molecule has 2 heterocycles. The average Bonchev–Trinajstić information content (AvgIpc) is 2.80. The SMILES string of the molecule is CCc1nc(N)cc(Sc2nc3ccccc3s2)n1. The van der Waals surface area contributed by atoms with Crippen molar-refractivity contribution in [2.75, 3.05) is 5.73 Å². The zero-order valence-corrected chi connectivity index (χ0v) is 12.0. The number of hydrogen-bond acceptors (Lipinski definition) is 6. The fourth-order valence-electron chi connectivity index (χ4n) is 1.69. The van der Waals surface area contributed by atoms with Crippen molar-refractivity contribution >= 4 is 39.1 Å². The van der Waals surface area contributed by atoms with E-state index in [0.717, 1.165) is 27.1 Å². The molecule has 0 aliphatic carbocycles. The molecule has 0 aliphatic rings. The fourth-order valence-corrected chi connectivity index (χ4v) is 3.73. The van der Waals surface area contributed by atoms with Crippen molar-refractivity contribution in [3.63, 3.8) is 0 Å². The largest absolute Gasteiger partial charge is 0.384 e. The Bertz CT molecular complexity index is 690. The van der Waals surface area contributed by atoms with Crippen LogP contribution in [0, 0.1) is 0 Å². The summed E-state index contributed by atoms with van der Waals surface area (Å²) in [6.07, 6.45) is 0.776. The molecule has 2 aromatic heterocycles. The maximum absolute atomic E-state index is 5.78. The number of thiazole rings is 1. The highest BCUT2D eigenvalue weighted by molar-refractivity contribution is 8.01. The molecule has 0 aliphatic heterocycles. The summed E-state index contributed by atoms with van der Waals surface area (Å²) in [5.74, 6) is 1.28. The Balaban J connectivity index is 1.94. The topological polar surface area (TPSA) is 64.7 Å². The number of nitrogen functional groups attached to an aromatic ring is 1. The first-order valence-electron chi connectivity index (χ1n) is 5.91. The van der Waals surface area contributed by atoms with Crippen LogP contribution in [0.5, 0.6) is 0 Å². The van der Waals surface area contributed by atoms with E-state index < -0.39 is 0 Å². The monoisotopic (exact) mass is 288 g/mol. The summed E-state index contributed by atoms with van der Waals surface area (Å²) in [6.45, 7) is 2.01. The highest BCUT2D eigenvalue weighted by atomic mass is 32.2. The van der Waals surface area contributed by atoms with Gasteiger partial charge in [-0.2, -0.15) is 0 Å². The second-order valence-electron chi connectivity index (χ2n) is 3.95. The van der Waals surface area contributed by atoms with Crippen molar-refractivity contribution in [3.8, 4) is 0 Å². The summed E-state index contributed by atoms with van der Waals surface area (Å²) >= 11 is 3.20. The van der Waals surface area contributed by atoms with Gasteiger partial charge in [0.1, 0.15) is 16.7 Å². The number of nitrogens with zero attached hydrogens (tertiary/aromatic N) is 3. The highest BCUT2D eigenvalue weighted by Crippen LogP contribution is 2.33. The first-order valence-corrected chi connectivity index (χ1v) is 7.55. The van der Waals surface area contributed by atoms with E-state index in [2.05, 4.69) is 21.0 Å². The standard InChI is InChI=1S/C13H12N4S2/c1-2-11-16-10(14)7-12(17-11)19-13-15-8-5-3-4-6-9(8)18-13/h3-7H,2H2,1H3,(H2,14,16,17). The third-order valence-electron chi connectivity index (χ3n) is 2.55. The lowest BCUT2D eigenvalue weighted by Crippen LogP contribution is -1.99. The molecule has 1 aromatic carbocycles. The number of rotatable bonds is 3. The lowest BCUT2D eigenvalue weighted by Gasteiger charge is -2.01. The molecule has 3 aromatic rings. The molecule has 0 unspecified atom stereocenters. The Labute approximate surface area is 119 Å². The quantitative estimate of drug-likeness (QED) is 0.748. The number of anilines is 1. The predicted octanol–water partition coefficient (Wildman–Crippen LogP) is 3.38. The minimum atomic E-state index is 0.510. The van der Waals surface area contributed by atoms with Gasteiger partial charge in [-0.05, 0) is 23.9 Å². The lowest BCUT2D eigenvalue weighted by molar-refractivity contribution is 0.894. The van der Waals surface area contributed by atoms with Crippen molar-refractivity contribution in [2.45, 2.75) is 22.7 Å². The van der Waals surface area contributed by atoms with Gasteiger partial charge in [0.15, 0.2) is 4.34 Å². The molecule has 0 bridgehead atoms. The third-order valence-corrected chi connectivity index (χ3v) is 4.57. The van der Waals surface area contributed by atoms with Gasteiger partial charge < -0.3 is 5.73 Å². The lowest BCUT2D eigenvalue weighted by atomic mass is 10.3. The predicted molar refractivity (Wildman–Crippen MR) is 79.6 cm³/mol. The minimum absolute atomic E-state index is 0.510. The van der Waals surface area contributed by atoms with Crippen molar-refractivity contribution in [1.29, 1.82) is 0 Å². The molecule has 0 saturated heterocycles. The van der Waals surface area contributed by atoms with E-state index in [9.17, 15) is 0 Å². The number of fused-ring (bicyclic) bond motifs is 1. The molecular weight excluding hydrogens is 276 g/mol. The van der Waals surface area contributed by atoms with Crippen LogP contribution in [-0.2, 0) is 6.42 Å². The van der Waals surface area contributed by atoms with Crippen LogP contribution < -0.4 is 5.73 Å². The van der Waals surface area contributed by atoms with Gasteiger partial charge in [0.25, 0.3) is 0 Å². The normalized spacial score (nSPS) is 11.0. The molecule has 0 amide bonds.